The van der Waals surface area contributed by atoms with Crippen LogP contribution < -0.4 is 5.32 Å². The van der Waals surface area contributed by atoms with Gasteiger partial charge < -0.3 is 15.0 Å². The van der Waals surface area contributed by atoms with E-state index in [1.807, 2.05) is 38.1 Å². The molecule has 0 bridgehead atoms. The van der Waals surface area contributed by atoms with Crippen LogP contribution in [0.3, 0.4) is 0 Å². The third-order valence-corrected chi connectivity index (χ3v) is 4.16. The number of carbonyl (C=O) groups excluding carboxylic acids is 1. The fourth-order valence-electron chi connectivity index (χ4n) is 2.89. The molecule has 1 aromatic rings. The average molecular weight is 305 g/mol. The Morgan fingerprint density at radius 3 is 2.59 bits per heavy atom. The summed E-state index contributed by atoms with van der Waals surface area (Å²) in [4.78, 5) is 18.2. The summed E-state index contributed by atoms with van der Waals surface area (Å²) in [5.74, 6) is 0.534. The fraction of sp³-hybridized carbons (Fsp3) is 0.647. The topological polar surface area (TPSA) is 54.5 Å². The summed E-state index contributed by atoms with van der Waals surface area (Å²) >= 11 is 0. The maximum Gasteiger partial charge on any atom is 0.317 e. The van der Waals surface area contributed by atoms with Crippen LogP contribution >= 0.6 is 0 Å². The monoisotopic (exact) mass is 305 g/mol. The van der Waals surface area contributed by atoms with Crippen LogP contribution in [-0.4, -0.2) is 47.8 Å². The van der Waals surface area contributed by atoms with Crippen molar-refractivity contribution in [2.75, 3.05) is 26.2 Å². The number of ether oxygens (including phenoxy) is 1. The van der Waals surface area contributed by atoms with Crippen LogP contribution in [0.1, 0.15) is 45.1 Å². The highest BCUT2D eigenvalue weighted by atomic mass is 16.5. The van der Waals surface area contributed by atoms with E-state index in [9.17, 15) is 4.79 Å². The van der Waals surface area contributed by atoms with Crippen molar-refractivity contribution in [2.24, 2.45) is 0 Å². The van der Waals surface area contributed by atoms with Gasteiger partial charge in [0.05, 0.1) is 5.60 Å². The van der Waals surface area contributed by atoms with Gasteiger partial charge in [-0.25, -0.2) is 4.79 Å². The average Bonchev–Trinajstić information content (AvgIpc) is 2.54. The van der Waals surface area contributed by atoms with E-state index in [0.717, 1.165) is 25.9 Å². The summed E-state index contributed by atoms with van der Waals surface area (Å²) in [5.41, 5.74) is 1.01. The van der Waals surface area contributed by atoms with Crippen molar-refractivity contribution < 1.29 is 9.53 Å². The number of rotatable bonds is 5. The molecule has 5 nitrogen and oxygen atoms in total. The number of nitrogens with zero attached hydrogens (tertiary/aromatic N) is 2. The van der Waals surface area contributed by atoms with E-state index in [4.69, 9.17) is 4.74 Å². The second kappa shape index (κ2) is 7.58. The minimum Gasteiger partial charge on any atom is -0.374 e. The smallest absolute Gasteiger partial charge is 0.317 e. The Kier molecular flexibility index (Phi) is 5.77. The van der Waals surface area contributed by atoms with Crippen LogP contribution in [0.4, 0.5) is 4.79 Å². The van der Waals surface area contributed by atoms with E-state index in [1.54, 1.807) is 0 Å². The van der Waals surface area contributed by atoms with Gasteiger partial charge in [0.2, 0.25) is 0 Å². The number of amides is 2. The molecule has 2 amide bonds. The van der Waals surface area contributed by atoms with E-state index < -0.39 is 0 Å². The number of piperidine rings is 1. The minimum atomic E-state index is -0.320. The molecule has 0 radical (unpaired) electrons. The molecule has 1 N–H and O–H groups in total. The van der Waals surface area contributed by atoms with Gasteiger partial charge in [0, 0.05) is 38.6 Å². The predicted molar refractivity (Wildman–Crippen MR) is 86.9 cm³/mol. The van der Waals surface area contributed by atoms with E-state index in [1.165, 1.54) is 5.56 Å². The maximum atomic E-state index is 12.2. The number of pyridine rings is 1. The highest BCUT2D eigenvalue weighted by molar-refractivity contribution is 5.74. The first kappa shape index (κ1) is 16.7. The second-order valence-electron chi connectivity index (χ2n) is 6.39. The third-order valence-electron chi connectivity index (χ3n) is 4.16. The number of urea groups is 1. The van der Waals surface area contributed by atoms with Gasteiger partial charge in [-0.3, -0.25) is 4.98 Å². The number of hydrogen-bond acceptors (Lipinski definition) is 3. The number of likely N-dealkylation sites (tertiary alicyclic amines) is 1. The van der Waals surface area contributed by atoms with Crippen molar-refractivity contribution in [3.63, 3.8) is 0 Å². The molecule has 0 saturated carbocycles. The van der Waals surface area contributed by atoms with Crippen LogP contribution in [0, 0.1) is 0 Å². The van der Waals surface area contributed by atoms with Gasteiger partial charge in [0.1, 0.15) is 0 Å². The molecule has 0 spiro atoms. The van der Waals surface area contributed by atoms with Gasteiger partial charge in [-0.05, 0) is 57.2 Å². The van der Waals surface area contributed by atoms with Gasteiger partial charge in [0.25, 0.3) is 0 Å². The summed E-state index contributed by atoms with van der Waals surface area (Å²) in [6, 6.07) is 4.16. The molecular weight excluding hydrogens is 278 g/mol. The Labute approximate surface area is 133 Å². The lowest BCUT2D eigenvalue weighted by molar-refractivity contribution is -0.00776. The minimum absolute atomic E-state index is 0.0148. The molecule has 0 aromatic carbocycles. The molecule has 1 aliphatic heterocycles. The molecular formula is C17H27N3O2. The number of nitrogens with one attached hydrogen (secondary N) is 1. The molecule has 0 unspecified atom stereocenters. The van der Waals surface area contributed by atoms with Crippen LogP contribution in [-0.2, 0) is 4.74 Å². The number of aromatic nitrogens is 1. The summed E-state index contributed by atoms with van der Waals surface area (Å²) in [6.45, 7) is 8.73. The standard InChI is InChI=1S/C17H27N3O2/c1-4-22-17(2,3)13-19-16(21)20-11-7-15(8-12-20)14-5-9-18-10-6-14/h5-6,9-10,15H,4,7-8,11-13H2,1-3H3,(H,19,21). The molecule has 1 aliphatic rings. The highest BCUT2D eigenvalue weighted by Gasteiger charge is 2.25. The largest absolute Gasteiger partial charge is 0.374 e. The molecule has 0 atom stereocenters. The van der Waals surface area contributed by atoms with E-state index in [0.29, 0.717) is 19.1 Å². The predicted octanol–water partition coefficient (Wildman–Crippen LogP) is 2.79. The van der Waals surface area contributed by atoms with Crippen molar-refractivity contribution in [3.8, 4) is 0 Å². The van der Waals surface area contributed by atoms with Crippen molar-refractivity contribution >= 4 is 6.03 Å². The summed E-state index contributed by atoms with van der Waals surface area (Å²) in [7, 11) is 0. The van der Waals surface area contributed by atoms with E-state index >= 15 is 0 Å². The second-order valence-corrected chi connectivity index (χ2v) is 6.39. The fourth-order valence-corrected chi connectivity index (χ4v) is 2.89. The Bertz CT molecular complexity index is 468. The zero-order valence-electron chi connectivity index (χ0n) is 13.8. The molecule has 2 rings (SSSR count). The Balaban J connectivity index is 1.78. The molecule has 122 valence electrons. The maximum absolute atomic E-state index is 12.2. The Hall–Kier alpha value is -1.62. The summed E-state index contributed by atoms with van der Waals surface area (Å²) < 4.78 is 5.60. The van der Waals surface area contributed by atoms with Gasteiger partial charge >= 0.3 is 6.03 Å². The quantitative estimate of drug-likeness (QED) is 0.910. The first-order valence-corrected chi connectivity index (χ1v) is 8.08. The van der Waals surface area contributed by atoms with Crippen molar-refractivity contribution in [2.45, 2.75) is 45.1 Å². The van der Waals surface area contributed by atoms with Crippen LogP contribution in [0.5, 0.6) is 0 Å². The highest BCUT2D eigenvalue weighted by Crippen LogP contribution is 2.27. The molecule has 2 heterocycles. The van der Waals surface area contributed by atoms with Gasteiger partial charge in [-0.15, -0.1) is 0 Å². The lowest BCUT2D eigenvalue weighted by Crippen LogP contribution is -2.48. The first-order valence-electron chi connectivity index (χ1n) is 8.08. The van der Waals surface area contributed by atoms with Crippen molar-refractivity contribution in [1.82, 2.24) is 15.2 Å². The molecule has 1 saturated heterocycles. The van der Waals surface area contributed by atoms with Crippen LogP contribution in [0.25, 0.3) is 0 Å². The first-order chi connectivity index (χ1) is 10.5. The zero-order valence-corrected chi connectivity index (χ0v) is 13.8. The number of carbonyl (C=O) groups is 1. The molecule has 5 heteroatoms. The summed E-state index contributed by atoms with van der Waals surface area (Å²) in [6.07, 6.45) is 5.69. The van der Waals surface area contributed by atoms with E-state index in [-0.39, 0.29) is 11.6 Å². The molecule has 1 fully saturated rings. The van der Waals surface area contributed by atoms with Crippen LogP contribution in [0.15, 0.2) is 24.5 Å². The Morgan fingerprint density at radius 2 is 2.00 bits per heavy atom. The van der Waals surface area contributed by atoms with Crippen molar-refractivity contribution in [3.05, 3.63) is 30.1 Å². The van der Waals surface area contributed by atoms with Crippen LogP contribution in [0.2, 0.25) is 0 Å². The Morgan fingerprint density at radius 1 is 1.36 bits per heavy atom. The van der Waals surface area contributed by atoms with Gasteiger partial charge in [-0.2, -0.15) is 0 Å². The van der Waals surface area contributed by atoms with Crippen molar-refractivity contribution in [1.29, 1.82) is 0 Å². The summed E-state index contributed by atoms with van der Waals surface area (Å²) in [5, 5.41) is 2.98. The lowest BCUT2D eigenvalue weighted by Gasteiger charge is -2.33. The van der Waals surface area contributed by atoms with Gasteiger partial charge in [0.15, 0.2) is 0 Å². The normalized spacial score (nSPS) is 16.6. The molecule has 22 heavy (non-hydrogen) atoms. The molecule has 0 aliphatic carbocycles. The van der Waals surface area contributed by atoms with Gasteiger partial charge in [-0.1, -0.05) is 0 Å². The third kappa shape index (κ3) is 4.70. The zero-order chi connectivity index (χ0) is 16.0. The van der Waals surface area contributed by atoms with E-state index in [2.05, 4.69) is 22.4 Å². The molecule has 1 aromatic heterocycles. The lowest BCUT2D eigenvalue weighted by atomic mass is 9.90. The SMILES string of the molecule is CCOC(C)(C)CNC(=O)N1CCC(c2ccncc2)CC1. The number of hydrogen-bond donors (Lipinski definition) is 1.